The first-order valence-corrected chi connectivity index (χ1v) is 10.6. The van der Waals surface area contributed by atoms with Crippen LogP contribution in [0.2, 0.25) is 0 Å². The Kier molecular flexibility index (Phi) is 7.11. The van der Waals surface area contributed by atoms with Crippen LogP contribution in [0.4, 0.5) is 0 Å². The van der Waals surface area contributed by atoms with Crippen molar-refractivity contribution in [2.24, 2.45) is 5.92 Å². The maximum atomic E-state index is 13.5. The van der Waals surface area contributed by atoms with Gasteiger partial charge in [0.1, 0.15) is 11.7 Å². The van der Waals surface area contributed by atoms with Crippen LogP contribution < -0.4 is 4.74 Å². The van der Waals surface area contributed by atoms with E-state index in [4.69, 9.17) is 4.74 Å². The number of aliphatic hydroxyl groups excluding tert-OH is 1. The highest BCUT2D eigenvalue weighted by molar-refractivity contribution is 5.98. The van der Waals surface area contributed by atoms with E-state index in [1.54, 1.807) is 54.2 Å². The summed E-state index contributed by atoms with van der Waals surface area (Å²) >= 11 is 0. The van der Waals surface area contributed by atoms with Gasteiger partial charge in [0.15, 0.2) is 0 Å². The van der Waals surface area contributed by atoms with Gasteiger partial charge in [0.25, 0.3) is 5.91 Å². The lowest BCUT2D eigenvalue weighted by Gasteiger charge is -2.37. The number of nitriles is 1. The van der Waals surface area contributed by atoms with Crippen LogP contribution in [0.25, 0.3) is 11.1 Å². The van der Waals surface area contributed by atoms with E-state index < -0.39 is 6.04 Å². The number of nitrogens with zero attached hydrogens (tertiary/aromatic N) is 4. The Bertz CT molecular complexity index is 1050. The molecular weight excluding hydrogens is 408 g/mol. The molecule has 0 saturated carbocycles. The molecular formula is C24H28N4O4. The van der Waals surface area contributed by atoms with E-state index >= 15 is 0 Å². The number of amides is 2. The van der Waals surface area contributed by atoms with Gasteiger partial charge in [0.2, 0.25) is 11.8 Å². The highest BCUT2D eigenvalue weighted by Gasteiger charge is 2.34. The molecule has 0 unspecified atom stereocenters. The van der Waals surface area contributed by atoms with Gasteiger partial charge in [-0.15, -0.1) is 0 Å². The molecule has 0 saturated heterocycles. The van der Waals surface area contributed by atoms with Crippen LogP contribution in [0.5, 0.6) is 5.88 Å². The zero-order valence-corrected chi connectivity index (χ0v) is 18.8. The van der Waals surface area contributed by atoms with Crippen molar-refractivity contribution in [3.8, 4) is 23.1 Å². The Balaban J connectivity index is 2.07. The normalized spacial score (nSPS) is 19.1. The largest absolute Gasteiger partial charge is 0.472 e. The van der Waals surface area contributed by atoms with E-state index in [0.717, 1.165) is 5.56 Å². The predicted octanol–water partition coefficient (Wildman–Crippen LogP) is 2.32. The number of hydrogen-bond acceptors (Lipinski definition) is 6. The summed E-state index contributed by atoms with van der Waals surface area (Å²) in [6.07, 6.45) is 1.23. The Hall–Kier alpha value is -3.44. The monoisotopic (exact) mass is 436 g/mol. The van der Waals surface area contributed by atoms with E-state index in [2.05, 4.69) is 11.1 Å². The topological polar surface area (TPSA) is 107 Å². The van der Waals surface area contributed by atoms with Gasteiger partial charge in [-0.05, 0) is 30.7 Å². The molecule has 1 aliphatic rings. The third kappa shape index (κ3) is 4.89. The molecule has 1 aromatic carbocycles. The van der Waals surface area contributed by atoms with Gasteiger partial charge in [-0.25, -0.2) is 4.98 Å². The van der Waals surface area contributed by atoms with Crippen LogP contribution in [-0.2, 0) is 4.79 Å². The molecule has 0 spiro atoms. The highest BCUT2D eigenvalue weighted by Crippen LogP contribution is 2.30. The van der Waals surface area contributed by atoms with Gasteiger partial charge in [-0.1, -0.05) is 19.1 Å². The van der Waals surface area contributed by atoms with E-state index in [-0.39, 0.29) is 41.9 Å². The summed E-state index contributed by atoms with van der Waals surface area (Å²) in [6, 6.07) is 10.5. The van der Waals surface area contributed by atoms with Gasteiger partial charge >= 0.3 is 0 Å². The van der Waals surface area contributed by atoms with Crippen molar-refractivity contribution in [3.63, 3.8) is 0 Å². The first-order chi connectivity index (χ1) is 15.2. The maximum Gasteiger partial charge on any atom is 0.259 e. The maximum absolute atomic E-state index is 13.5. The molecule has 1 aromatic heterocycles. The van der Waals surface area contributed by atoms with Crippen molar-refractivity contribution in [1.29, 1.82) is 5.26 Å². The van der Waals surface area contributed by atoms with Crippen LogP contribution in [0, 0.1) is 17.2 Å². The SMILES string of the molecule is CC(=O)N(C)C[C@H]1Oc2ncc(-c3cccc(C#N)c3)cc2C(=O)N([C@H](C)CO)C[C@H]1C. The lowest BCUT2D eigenvalue weighted by Crippen LogP contribution is -2.50. The van der Waals surface area contributed by atoms with Crippen molar-refractivity contribution in [2.75, 3.05) is 26.7 Å². The van der Waals surface area contributed by atoms with Crippen molar-refractivity contribution < 1.29 is 19.4 Å². The fraction of sp³-hybridized carbons (Fsp3) is 0.417. The second kappa shape index (κ2) is 9.79. The number of aliphatic hydroxyl groups is 1. The Labute approximate surface area is 188 Å². The molecule has 3 rings (SSSR count). The smallest absolute Gasteiger partial charge is 0.259 e. The average Bonchev–Trinajstić information content (AvgIpc) is 2.80. The molecule has 168 valence electrons. The van der Waals surface area contributed by atoms with Crippen molar-refractivity contribution in [2.45, 2.75) is 32.9 Å². The predicted molar refractivity (Wildman–Crippen MR) is 119 cm³/mol. The molecule has 0 fully saturated rings. The molecule has 2 aromatic rings. The minimum Gasteiger partial charge on any atom is -0.472 e. The number of pyridine rings is 1. The van der Waals surface area contributed by atoms with Crippen molar-refractivity contribution in [1.82, 2.24) is 14.8 Å². The second-order valence-electron chi connectivity index (χ2n) is 8.29. The van der Waals surface area contributed by atoms with Gasteiger partial charge in [-0.3, -0.25) is 9.59 Å². The van der Waals surface area contributed by atoms with Crippen LogP contribution in [0.1, 0.15) is 36.7 Å². The van der Waals surface area contributed by atoms with Crippen LogP contribution in [-0.4, -0.2) is 70.6 Å². The summed E-state index contributed by atoms with van der Waals surface area (Å²) in [7, 11) is 1.70. The molecule has 8 nitrogen and oxygen atoms in total. The molecule has 0 radical (unpaired) electrons. The third-order valence-corrected chi connectivity index (χ3v) is 5.84. The van der Waals surface area contributed by atoms with Crippen molar-refractivity contribution in [3.05, 3.63) is 47.7 Å². The summed E-state index contributed by atoms with van der Waals surface area (Å²) in [4.78, 5) is 32.9. The Morgan fingerprint density at radius 3 is 2.81 bits per heavy atom. The zero-order valence-electron chi connectivity index (χ0n) is 18.8. The number of hydrogen-bond donors (Lipinski definition) is 1. The lowest BCUT2D eigenvalue weighted by atomic mass is 9.99. The third-order valence-electron chi connectivity index (χ3n) is 5.84. The number of fused-ring (bicyclic) bond motifs is 1. The minimum absolute atomic E-state index is 0.0829. The summed E-state index contributed by atoms with van der Waals surface area (Å²) < 4.78 is 6.17. The van der Waals surface area contributed by atoms with E-state index in [1.165, 1.54) is 6.92 Å². The molecule has 3 atom stereocenters. The molecule has 2 amide bonds. The summed E-state index contributed by atoms with van der Waals surface area (Å²) in [5, 5.41) is 19.0. The number of carbonyl (C=O) groups is 2. The number of carbonyl (C=O) groups excluding carboxylic acids is 2. The van der Waals surface area contributed by atoms with E-state index in [1.807, 2.05) is 13.0 Å². The van der Waals surface area contributed by atoms with Gasteiger partial charge in [0.05, 0.1) is 30.8 Å². The Morgan fingerprint density at radius 1 is 1.41 bits per heavy atom. The van der Waals surface area contributed by atoms with Crippen LogP contribution in [0.3, 0.4) is 0 Å². The Morgan fingerprint density at radius 2 is 2.16 bits per heavy atom. The van der Waals surface area contributed by atoms with Crippen molar-refractivity contribution >= 4 is 11.8 Å². The summed E-state index contributed by atoms with van der Waals surface area (Å²) in [5.74, 6) is -0.270. The lowest BCUT2D eigenvalue weighted by molar-refractivity contribution is -0.129. The number of aromatic nitrogens is 1. The van der Waals surface area contributed by atoms with Gasteiger partial charge in [0, 0.05) is 38.2 Å². The first kappa shape index (κ1) is 23.2. The summed E-state index contributed by atoms with van der Waals surface area (Å²) in [5.41, 5.74) is 2.23. The number of ether oxygens (including phenoxy) is 1. The summed E-state index contributed by atoms with van der Waals surface area (Å²) in [6.45, 7) is 5.77. The number of likely N-dealkylation sites (N-methyl/N-ethyl adjacent to an activating group) is 1. The number of rotatable bonds is 5. The fourth-order valence-corrected chi connectivity index (χ4v) is 3.64. The van der Waals surface area contributed by atoms with Gasteiger partial charge in [-0.2, -0.15) is 5.26 Å². The molecule has 2 heterocycles. The quantitative estimate of drug-likeness (QED) is 0.771. The first-order valence-electron chi connectivity index (χ1n) is 10.6. The van der Waals surface area contributed by atoms with E-state index in [9.17, 15) is 20.0 Å². The molecule has 8 heteroatoms. The molecule has 0 bridgehead atoms. The second-order valence-corrected chi connectivity index (χ2v) is 8.29. The standard InChI is InChI=1S/C24H28N4O4/c1-15-12-28(16(2)14-29)24(31)21-9-20(19-7-5-6-18(8-19)10-25)11-26-23(21)32-22(15)13-27(4)17(3)30/h5-9,11,15-16,22,29H,12-14H2,1-4H3/t15-,16-,22-/m1/s1. The van der Waals surface area contributed by atoms with Crippen LogP contribution >= 0.6 is 0 Å². The highest BCUT2D eigenvalue weighted by atomic mass is 16.5. The zero-order chi connectivity index (χ0) is 23.4. The molecule has 0 aliphatic carbocycles. The average molecular weight is 437 g/mol. The molecule has 1 aliphatic heterocycles. The number of benzene rings is 1. The van der Waals surface area contributed by atoms with Crippen LogP contribution in [0.15, 0.2) is 36.5 Å². The van der Waals surface area contributed by atoms with E-state index in [0.29, 0.717) is 24.2 Å². The molecule has 32 heavy (non-hydrogen) atoms. The minimum atomic E-state index is -0.396. The van der Waals surface area contributed by atoms with Gasteiger partial charge < -0.3 is 19.6 Å². The molecule has 1 N–H and O–H groups in total. The fourth-order valence-electron chi connectivity index (χ4n) is 3.64.